The van der Waals surface area contributed by atoms with Gasteiger partial charge in [0.1, 0.15) is 0 Å². The minimum atomic E-state index is -1.15. The second kappa shape index (κ2) is 6.57. The molecule has 2 rings (SSSR count). The molecule has 112 valence electrons. The summed E-state index contributed by atoms with van der Waals surface area (Å²) in [7, 11) is 0. The number of nitrogens with one attached hydrogen (secondary N) is 3. The van der Waals surface area contributed by atoms with Crippen molar-refractivity contribution in [2.24, 2.45) is 0 Å². The average Bonchev–Trinajstić information content (AvgIpc) is 3.22. The molecule has 0 aliphatic heterocycles. The van der Waals surface area contributed by atoms with Gasteiger partial charge in [0, 0.05) is 10.5 Å². The Bertz CT molecular complexity index is 587. The zero-order chi connectivity index (χ0) is 15.4. The Labute approximate surface area is 129 Å². The fourth-order valence-corrected chi connectivity index (χ4v) is 2.00. The highest BCUT2D eigenvalue weighted by Crippen LogP contribution is 2.21. The number of hydrogen-bond acceptors (Lipinski definition) is 3. The molecule has 0 aromatic heterocycles. The first-order valence-corrected chi connectivity index (χ1v) is 7.12. The summed E-state index contributed by atoms with van der Waals surface area (Å²) in [4.78, 5) is 34.2. The molecule has 4 N–H and O–H groups in total. The summed E-state index contributed by atoms with van der Waals surface area (Å²) in [6.07, 6.45) is 1.94. The monoisotopic (exact) mass is 355 g/mol. The molecule has 1 saturated carbocycles. The minimum Gasteiger partial charge on any atom is -0.478 e. The molecule has 3 amide bonds. The average molecular weight is 356 g/mol. The van der Waals surface area contributed by atoms with E-state index in [0.717, 1.165) is 12.8 Å². The summed E-state index contributed by atoms with van der Waals surface area (Å²) in [5.41, 5.74) is 0.118. The van der Waals surface area contributed by atoms with Crippen LogP contribution in [0.4, 0.5) is 10.5 Å². The molecule has 1 aromatic carbocycles. The van der Waals surface area contributed by atoms with Gasteiger partial charge in [-0.15, -0.1) is 0 Å². The Morgan fingerprint density at radius 1 is 1.29 bits per heavy atom. The molecular formula is C13H14BrN3O4. The van der Waals surface area contributed by atoms with Crippen molar-refractivity contribution in [3.63, 3.8) is 0 Å². The van der Waals surface area contributed by atoms with Gasteiger partial charge < -0.3 is 21.1 Å². The number of halogens is 1. The van der Waals surface area contributed by atoms with Crippen LogP contribution in [0.1, 0.15) is 23.2 Å². The Balaban J connectivity index is 1.89. The number of urea groups is 1. The van der Waals surface area contributed by atoms with E-state index in [2.05, 4.69) is 31.9 Å². The number of carboxylic acids is 1. The molecule has 0 radical (unpaired) electrons. The summed E-state index contributed by atoms with van der Waals surface area (Å²) in [5, 5.41) is 16.6. The number of benzene rings is 1. The van der Waals surface area contributed by atoms with Crippen molar-refractivity contribution in [3.05, 3.63) is 28.2 Å². The van der Waals surface area contributed by atoms with E-state index in [-0.39, 0.29) is 29.7 Å². The molecule has 1 aromatic rings. The van der Waals surface area contributed by atoms with E-state index in [1.165, 1.54) is 12.1 Å². The minimum absolute atomic E-state index is 0.0399. The molecule has 0 unspecified atom stereocenters. The molecule has 0 saturated heterocycles. The van der Waals surface area contributed by atoms with Crippen molar-refractivity contribution in [3.8, 4) is 0 Å². The van der Waals surface area contributed by atoms with Crippen LogP contribution in [0.15, 0.2) is 22.7 Å². The second-order valence-corrected chi connectivity index (χ2v) is 5.56. The number of carboxylic acid groups (broad SMARTS) is 1. The molecule has 0 atom stereocenters. The summed E-state index contributed by atoms with van der Waals surface area (Å²) in [5.74, 6) is -1.42. The highest BCUT2D eigenvalue weighted by molar-refractivity contribution is 9.10. The Morgan fingerprint density at radius 2 is 2.00 bits per heavy atom. The molecule has 0 bridgehead atoms. The first-order valence-electron chi connectivity index (χ1n) is 6.33. The quantitative estimate of drug-likeness (QED) is 0.642. The standard InChI is InChI=1S/C13H14BrN3O4/c14-7-1-4-10(9(5-7)12(19)20)17-13(21)15-6-11(18)16-8-2-3-8/h1,4-5,8H,2-3,6H2,(H,16,18)(H,19,20)(H2,15,17,21). The van der Waals surface area contributed by atoms with E-state index in [4.69, 9.17) is 5.11 Å². The van der Waals surface area contributed by atoms with Crippen molar-refractivity contribution in [1.82, 2.24) is 10.6 Å². The van der Waals surface area contributed by atoms with Crippen molar-refractivity contribution in [1.29, 1.82) is 0 Å². The van der Waals surface area contributed by atoms with Crippen molar-refractivity contribution < 1.29 is 19.5 Å². The summed E-state index contributed by atoms with van der Waals surface area (Å²) >= 11 is 3.16. The van der Waals surface area contributed by atoms with Gasteiger partial charge in [0.15, 0.2) is 0 Å². The predicted octanol–water partition coefficient (Wildman–Crippen LogP) is 1.55. The normalized spacial score (nSPS) is 13.4. The third-order valence-electron chi connectivity index (χ3n) is 2.81. The largest absolute Gasteiger partial charge is 0.478 e. The van der Waals surface area contributed by atoms with Gasteiger partial charge in [-0.3, -0.25) is 4.79 Å². The van der Waals surface area contributed by atoms with Gasteiger partial charge in [-0.2, -0.15) is 0 Å². The van der Waals surface area contributed by atoms with Crippen LogP contribution in [0.3, 0.4) is 0 Å². The highest BCUT2D eigenvalue weighted by Gasteiger charge is 2.23. The maximum Gasteiger partial charge on any atom is 0.337 e. The van der Waals surface area contributed by atoms with E-state index >= 15 is 0 Å². The lowest BCUT2D eigenvalue weighted by molar-refractivity contribution is -0.120. The molecule has 0 heterocycles. The van der Waals surface area contributed by atoms with Crippen molar-refractivity contribution in [2.45, 2.75) is 18.9 Å². The first kappa shape index (κ1) is 15.3. The molecular weight excluding hydrogens is 342 g/mol. The zero-order valence-electron chi connectivity index (χ0n) is 11.0. The maximum absolute atomic E-state index is 11.7. The van der Waals surface area contributed by atoms with Crippen LogP contribution >= 0.6 is 15.9 Å². The van der Waals surface area contributed by atoms with Crippen LogP contribution in [0.2, 0.25) is 0 Å². The van der Waals surface area contributed by atoms with E-state index in [0.29, 0.717) is 4.47 Å². The van der Waals surface area contributed by atoms with Crippen LogP contribution < -0.4 is 16.0 Å². The summed E-state index contributed by atoms with van der Waals surface area (Å²) in [6, 6.07) is 4.06. The van der Waals surface area contributed by atoms with Crippen molar-refractivity contribution in [2.75, 3.05) is 11.9 Å². The number of rotatable bonds is 5. The number of hydrogen-bond donors (Lipinski definition) is 4. The topological polar surface area (TPSA) is 108 Å². The fraction of sp³-hybridized carbons (Fsp3) is 0.308. The second-order valence-electron chi connectivity index (χ2n) is 4.64. The molecule has 21 heavy (non-hydrogen) atoms. The molecule has 0 spiro atoms. The van der Waals surface area contributed by atoms with Gasteiger partial charge >= 0.3 is 12.0 Å². The van der Waals surface area contributed by atoms with Gasteiger partial charge in [-0.25, -0.2) is 9.59 Å². The third kappa shape index (κ3) is 4.75. The first-order chi connectivity index (χ1) is 9.95. The lowest BCUT2D eigenvalue weighted by Gasteiger charge is -2.10. The van der Waals surface area contributed by atoms with E-state index in [9.17, 15) is 14.4 Å². The van der Waals surface area contributed by atoms with Gasteiger partial charge in [-0.1, -0.05) is 15.9 Å². The molecule has 1 fully saturated rings. The van der Waals surface area contributed by atoms with E-state index in [1.807, 2.05) is 0 Å². The Hall–Kier alpha value is -2.09. The van der Waals surface area contributed by atoms with Crippen LogP contribution in [0.25, 0.3) is 0 Å². The number of carbonyl (C=O) groups excluding carboxylic acids is 2. The molecule has 8 heteroatoms. The van der Waals surface area contributed by atoms with Crippen LogP contribution in [-0.4, -0.2) is 35.6 Å². The van der Waals surface area contributed by atoms with Crippen LogP contribution in [0, 0.1) is 0 Å². The highest BCUT2D eigenvalue weighted by atomic mass is 79.9. The number of anilines is 1. The maximum atomic E-state index is 11.7. The SMILES string of the molecule is O=C(CNC(=O)Nc1ccc(Br)cc1C(=O)O)NC1CC1. The number of aromatic carboxylic acids is 1. The Kier molecular flexibility index (Phi) is 4.79. The van der Waals surface area contributed by atoms with E-state index in [1.54, 1.807) is 6.07 Å². The number of amides is 3. The van der Waals surface area contributed by atoms with Gasteiger partial charge in [0.05, 0.1) is 17.8 Å². The van der Waals surface area contributed by atoms with Crippen LogP contribution in [-0.2, 0) is 4.79 Å². The third-order valence-corrected chi connectivity index (χ3v) is 3.31. The molecule has 1 aliphatic carbocycles. The smallest absolute Gasteiger partial charge is 0.337 e. The lowest BCUT2D eigenvalue weighted by atomic mass is 10.2. The zero-order valence-corrected chi connectivity index (χ0v) is 12.6. The van der Waals surface area contributed by atoms with Gasteiger partial charge in [0.25, 0.3) is 0 Å². The molecule has 7 nitrogen and oxygen atoms in total. The summed E-state index contributed by atoms with van der Waals surface area (Å²) < 4.78 is 0.592. The number of carbonyl (C=O) groups is 3. The van der Waals surface area contributed by atoms with Crippen LogP contribution in [0.5, 0.6) is 0 Å². The Morgan fingerprint density at radius 3 is 2.62 bits per heavy atom. The van der Waals surface area contributed by atoms with Crippen molar-refractivity contribution >= 4 is 39.5 Å². The van der Waals surface area contributed by atoms with E-state index < -0.39 is 12.0 Å². The summed E-state index contributed by atoms with van der Waals surface area (Å²) in [6.45, 7) is -0.152. The molecule has 1 aliphatic rings. The van der Waals surface area contributed by atoms with Gasteiger partial charge in [-0.05, 0) is 31.0 Å². The predicted molar refractivity (Wildman–Crippen MR) is 79.3 cm³/mol. The van der Waals surface area contributed by atoms with Gasteiger partial charge in [0.2, 0.25) is 5.91 Å². The lowest BCUT2D eigenvalue weighted by Crippen LogP contribution is -2.39. The fourth-order valence-electron chi connectivity index (χ4n) is 1.64.